The largest absolute Gasteiger partial charge is 0.459 e. The Morgan fingerprint density at radius 2 is 2.04 bits per heavy atom. The van der Waals surface area contributed by atoms with Crippen LogP contribution in [0.3, 0.4) is 0 Å². The summed E-state index contributed by atoms with van der Waals surface area (Å²) in [5, 5.41) is 32.5. The van der Waals surface area contributed by atoms with Crippen LogP contribution < -0.4 is 10.2 Å². The molecule has 0 radical (unpaired) electrons. The van der Waals surface area contributed by atoms with E-state index >= 15 is 0 Å². The molecule has 5 rings (SSSR count). The van der Waals surface area contributed by atoms with E-state index < -0.39 is 42.3 Å². The maximum absolute atomic E-state index is 12.4. The molecule has 14 heteroatoms. The Kier molecular flexibility index (Phi) is 11.1. The van der Waals surface area contributed by atoms with E-state index in [-0.39, 0.29) is 36.5 Å². The number of ether oxygens (including phenoxy) is 4. The number of fused-ring (bicyclic) bond motifs is 1. The lowest BCUT2D eigenvalue weighted by molar-refractivity contribution is -0.176. The fraction of sp³-hybridized carbons (Fsp3) is 0.606. The van der Waals surface area contributed by atoms with Crippen LogP contribution in [0.1, 0.15) is 60.3 Å². The molecule has 3 saturated heterocycles. The third kappa shape index (κ3) is 9.02. The summed E-state index contributed by atoms with van der Waals surface area (Å²) in [5.74, 6) is -0.460. The highest BCUT2D eigenvalue weighted by Gasteiger charge is 2.58. The normalized spacial score (nSPS) is 32.5. The molecule has 0 aromatic carbocycles. The summed E-state index contributed by atoms with van der Waals surface area (Å²) in [5.41, 5.74) is 1.21. The smallest absolute Gasteiger partial charge is 0.303 e. The molecule has 0 bridgehead atoms. The second kappa shape index (κ2) is 15.0. The third-order valence-corrected chi connectivity index (χ3v) is 8.79. The van der Waals surface area contributed by atoms with Crippen molar-refractivity contribution >= 4 is 23.0 Å². The predicted molar refractivity (Wildman–Crippen MR) is 168 cm³/mol. The molecule has 5 heterocycles. The van der Waals surface area contributed by atoms with Crippen molar-refractivity contribution in [3.63, 3.8) is 0 Å². The topological polar surface area (TPSA) is 180 Å². The Balaban J connectivity index is 1.11. The number of nitrogens with zero attached hydrogens (tertiary/aromatic N) is 4. The minimum absolute atomic E-state index is 0.0242. The van der Waals surface area contributed by atoms with Gasteiger partial charge in [-0.15, -0.1) is 5.10 Å². The number of carbonyl (C=O) groups excluding carboxylic acids is 2. The molecule has 3 N–H and O–H groups in total. The van der Waals surface area contributed by atoms with Gasteiger partial charge >= 0.3 is 5.97 Å². The zero-order valence-corrected chi connectivity index (χ0v) is 27.4. The lowest BCUT2D eigenvalue weighted by Crippen LogP contribution is -2.51. The van der Waals surface area contributed by atoms with Gasteiger partial charge in [-0.05, 0) is 63.0 Å². The fourth-order valence-electron chi connectivity index (χ4n) is 6.10. The van der Waals surface area contributed by atoms with Gasteiger partial charge in [0, 0.05) is 32.0 Å². The molecule has 10 unspecified atom stereocenters. The molecule has 256 valence electrons. The van der Waals surface area contributed by atoms with Crippen LogP contribution in [0.2, 0.25) is 0 Å². The van der Waals surface area contributed by atoms with Gasteiger partial charge in [0.2, 0.25) is 17.8 Å². The van der Waals surface area contributed by atoms with Gasteiger partial charge in [0.1, 0.15) is 29.4 Å². The number of rotatable bonds is 12. The fourth-order valence-corrected chi connectivity index (χ4v) is 6.10. The molecular formula is C33H45N5O9. The Labute approximate surface area is 273 Å². The van der Waals surface area contributed by atoms with Crippen molar-refractivity contribution in [2.24, 2.45) is 5.92 Å². The quantitative estimate of drug-likeness (QED) is 0.0996. The van der Waals surface area contributed by atoms with Crippen molar-refractivity contribution in [3.05, 3.63) is 54.3 Å². The number of aliphatic hydroxyl groups is 2. The number of aromatic nitrogens is 4. The predicted octanol–water partition coefficient (Wildman–Crippen LogP) is 1.95. The van der Waals surface area contributed by atoms with E-state index in [1.165, 1.54) is 13.0 Å². The highest BCUT2D eigenvalue weighted by atomic mass is 16.8. The van der Waals surface area contributed by atoms with Gasteiger partial charge in [-0.1, -0.05) is 35.6 Å². The van der Waals surface area contributed by atoms with Crippen molar-refractivity contribution in [2.45, 2.75) is 115 Å². The monoisotopic (exact) mass is 655 g/mol. The number of hydrogen-bond acceptors (Lipinski definition) is 12. The molecule has 0 saturated carbocycles. The number of hydrogen-bond donors (Lipinski definition) is 3. The van der Waals surface area contributed by atoms with Crippen LogP contribution >= 0.6 is 0 Å². The molecule has 1 amide bonds. The number of nitrogens with one attached hydrogen (secondary N) is 1. The number of carbonyl (C=O) groups is 2. The van der Waals surface area contributed by atoms with E-state index in [4.69, 9.17) is 23.8 Å². The van der Waals surface area contributed by atoms with Crippen LogP contribution in [0.25, 0.3) is 11.2 Å². The molecule has 2 aromatic heterocycles. The first-order valence-corrected chi connectivity index (χ1v) is 16.1. The van der Waals surface area contributed by atoms with E-state index in [1.54, 1.807) is 31.3 Å². The van der Waals surface area contributed by atoms with E-state index in [1.807, 2.05) is 26.0 Å². The summed E-state index contributed by atoms with van der Waals surface area (Å²) >= 11 is 0. The van der Waals surface area contributed by atoms with Crippen molar-refractivity contribution in [3.8, 4) is 0 Å². The highest BCUT2D eigenvalue weighted by Crippen LogP contribution is 2.43. The van der Waals surface area contributed by atoms with E-state index in [9.17, 15) is 19.8 Å². The Morgan fingerprint density at radius 3 is 2.79 bits per heavy atom. The minimum atomic E-state index is -1.25. The molecule has 3 aliphatic rings. The summed E-state index contributed by atoms with van der Waals surface area (Å²) in [6.45, 7) is 9.47. The number of allylic oxidation sites excluding steroid dienone is 2. The van der Waals surface area contributed by atoms with Crippen LogP contribution in [0, 0.1) is 5.92 Å². The number of aliphatic hydroxyl groups excluding tert-OH is 2. The molecular weight excluding hydrogens is 610 g/mol. The van der Waals surface area contributed by atoms with Crippen LogP contribution in [0.5, 0.6) is 0 Å². The summed E-state index contributed by atoms with van der Waals surface area (Å²) in [6, 6.07) is 3.34. The Bertz CT molecular complexity index is 1490. The van der Waals surface area contributed by atoms with Gasteiger partial charge in [-0.25, -0.2) is 4.98 Å². The lowest BCUT2D eigenvalue weighted by Gasteiger charge is -2.39. The summed E-state index contributed by atoms with van der Waals surface area (Å²) in [7, 11) is 0. The van der Waals surface area contributed by atoms with Gasteiger partial charge in [-0.2, -0.15) is 0 Å². The zero-order chi connectivity index (χ0) is 33.7. The SMILES string of the molecule is CC(=O)OC(C)C=CC(=O)NC1CC(C)C(CC=C(C)C=CC2OC(CC(O)On3nnc4cccnc43)CC3(CO3)C2O)OC1C. The summed E-state index contributed by atoms with van der Waals surface area (Å²) in [6.07, 6.45) is 8.48. The summed E-state index contributed by atoms with van der Waals surface area (Å²) in [4.78, 5) is 34.3. The lowest BCUT2D eigenvalue weighted by atomic mass is 9.87. The average molecular weight is 656 g/mol. The minimum Gasteiger partial charge on any atom is -0.459 e. The zero-order valence-electron chi connectivity index (χ0n) is 27.4. The molecule has 10 atom stereocenters. The average Bonchev–Trinajstić information content (AvgIpc) is 3.68. The molecule has 47 heavy (non-hydrogen) atoms. The van der Waals surface area contributed by atoms with Gasteiger partial charge in [0.05, 0.1) is 31.0 Å². The van der Waals surface area contributed by atoms with Gasteiger partial charge in [0.25, 0.3) is 0 Å². The molecule has 2 aromatic rings. The Morgan fingerprint density at radius 1 is 1.26 bits per heavy atom. The van der Waals surface area contributed by atoms with Gasteiger partial charge in [0.15, 0.2) is 0 Å². The van der Waals surface area contributed by atoms with Crippen molar-refractivity contribution in [1.82, 2.24) is 25.5 Å². The van der Waals surface area contributed by atoms with Crippen LogP contribution in [-0.2, 0) is 28.5 Å². The van der Waals surface area contributed by atoms with Gasteiger partial charge in [-0.3, -0.25) is 9.59 Å². The van der Waals surface area contributed by atoms with E-state index in [0.717, 1.165) is 16.8 Å². The number of amides is 1. The highest BCUT2D eigenvalue weighted by molar-refractivity contribution is 5.87. The molecule has 14 nitrogen and oxygen atoms in total. The van der Waals surface area contributed by atoms with Crippen molar-refractivity contribution in [2.75, 3.05) is 6.61 Å². The van der Waals surface area contributed by atoms with Crippen molar-refractivity contribution in [1.29, 1.82) is 0 Å². The Hall–Kier alpha value is -3.69. The number of pyridine rings is 1. The first-order chi connectivity index (χ1) is 22.4. The van der Waals surface area contributed by atoms with Crippen LogP contribution in [0.4, 0.5) is 0 Å². The molecule has 0 aliphatic carbocycles. The first kappa shape index (κ1) is 34.6. The number of epoxide rings is 1. The first-order valence-electron chi connectivity index (χ1n) is 16.1. The van der Waals surface area contributed by atoms with Crippen LogP contribution in [0.15, 0.2) is 54.3 Å². The molecule has 3 aliphatic heterocycles. The van der Waals surface area contributed by atoms with Crippen molar-refractivity contribution < 1.29 is 43.6 Å². The summed E-state index contributed by atoms with van der Waals surface area (Å²) < 4.78 is 23.2. The standard InChI is InChI=1S/C33H45N5O9/c1-19(8-11-27-20(2)15-26(22(4)45-27)35-29(40)13-10-21(3)44-23(5)39)9-12-28-31(42)33(18-43-33)17-24(46-28)16-30(41)47-38-32-25(36-37-38)7-6-14-34-32/h6-10,12-14,20-22,24,26-28,30-31,41-42H,11,15-18H2,1-5H3,(H,35,40). The van der Waals surface area contributed by atoms with Crippen LogP contribution in [-0.4, -0.2) is 103 Å². The van der Waals surface area contributed by atoms with E-state index in [0.29, 0.717) is 30.6 Å². The second-order valence-corrected chi connectivity index (χ2v) is 12.8. The van der Waals surface area contributed by atoms with E-state index in [2.05, 4.69) is 33.6 Å². The maximum atomic E-state index is 12.4. The maximum Gasteiger partial charge on any atom is 0.303 e. The molecule has 3 fully saturated rings. The molecule has 1 spiro atoms. The third-order valence-electron chi connectivity index (χ3n) is 8.79. The number of esters is 1. The second-order valence-electron chi connectivity index (χ2n) is 12.8. The van der Waals surface area contributed by atoms with Gasteiger partial charge < -0.3 is 39.3 Å².